The number of nitrogens with one attached hydrogen (secondary N) is 1. The molecule has 0 aromatic heterocycles. The molecule has 1 fully saturated rings. The smallest absolute Gasteiger partial charge is 0.241 e. The van der Waals surface area contributed by atoms with E-state index in [-0.39, 0.29) is 17.7 Å². The fourth-order valence-corrected chi connectivity index (χ4v) is 2.45. The van der Waals surface area contributed by atoms with E-state index < -0.39 is 6.04 Å². The van der Waals surface area contributed by atoms with E-state index in [4.69, 9.17) is 5.73 Å². The summed E-state index contributed by atoms with van der Waals surface area (Å²) < 4.78 is 0. The molecule has 1 saturated heterocycles. The van der Waals surface area contributed by atoms with Crippen LogP contribution in [0.1, 0.15) is 33.1 Å². The second-order valence-corrected chi connectivity index (χ2v) is 5.57. The van der Waals surface area contributed by atoms with E-state index in [1.807, 2.05) is 38.1 Å². The molecule has 2 amide bonds. The molecular weight excluding hydrogens is 266 g/mol. The van der Waals surface area contributed by atoms with Crippen molar-refractivity contribution in [2.75, 3.05) is 16.8 Å². The van der Waals surface area contributed by atoms with Gasteiger partial charge in [-0.1, -0.05) is 32.4 Å². The Morgan fingerprint density at radius 3 is 2.76 bits per heavy atom. The summed E-state index contributed by atoms with van der Waals surface area (Å²) in [6.45, 7) is 4.66. The maximum Gasteiger partial charge on any atom is 0.241 e. The van der Waals surface area contributed by atoms with Gasteiger partial charge in [-0.3, -0.25) is 9.59 Å². The van der Waals surface area contributed by atoms with Gasteiger partial charge in [-0.15, -0.1) is 0 Å². The van der Waals surface area contributed by atoms with Crippen LogP contribution in [0, 0.1) is 5.92 Å². The molecule has 1 aliphatic rings. The van der Waals surface area contributed by atoms with E-state index in [1.165, 1.54) is 0 Å². The molecule has 21 heavy (non-hydrogen) atoms. The maximum absolute atomic E-state index is 12.2. The number of hydrogen-bond acceptors (Lipinski definition) is 3. The van der Waals surface area contributed by atoms with Gasteiger partial charge < -0.3 is 16.0 Å². The van der Waals surface area contributed by atoms with Gasteiger partial charge in [-0.2, -0.15) is 0 Å². The number of anilines is 2. The minimum atomic E-state index is -0.544. The van der Waals surface area contributed by atoms with Crippen LogP contribution in [0.5, 0.6) is 0 Å². The largest absolute Gasteiger partial charge is 0.323 e. The normalized spacial score (nSPS) is 17.7. The number of nitrogens with two attached hydrogens (primary N) is 1. The van der Waals surface area contributed by atoms with E-state index in [1.54, 1.807) is 4.90 Å². The third-order valence-corrected chi connectivity index (χ3v) is 4.09. The molecule has 5 nitrogen and oxygen atoms in total. The molecule has 1 unspecified atom stereocenters. The van der Waals surface area contributed by atoms with Crippen LogP contribution in [-0.4, -0.2) is 24.4 Å². The average Bonchev–Trinajstić information content (AvgIpc) is 2.92. The number of carbonyl (C=O) groups excluding carboxylic acids is 2. The van der Waals surface area contributed by atoms with Crippen LogP contribution in [-0.2, 0) is 9.59 Å². The molecule has 0 aliphatic carbocycles. The molecule has 0 bridgehead atoms. The zero-order valence-electron chi connectivity index (χ0n) is 12.6. The molecule has 2 rings (SSSR count). The summed E-state index contributed by atoms with van der Waals surface area (Å²) in [5.41, 5.74) is 7.36. The Morgan fingerprint density at radius 2 is 2.14 bits per heavy atom. The molecule has 0 radical (unpaired) electrons. The Balaban J connectivity index is 2.17. The van der Waals surface area contributed by atoms with Crippen LogP contribution in [0.2, 0.25) is 0 Å². The first kappa shape index (κ1) is 15.5. The first-order valence-corrected chi connectivity index (χ1v) is 7.50. The fraction of sp³-hybridized carbons (Fsp3) is 0.500. The predicted octanol–water partition coefficient (Wildman–Crippen LogP) is 2.13. The van der Waals surface area contributed by atoms with Crippen molar-refractivity contribution in [3.8, 4) is 0 Å². The fourth-order valence-electron chi connectivity index (χ4n) is 2.45. The van der Waals surface area contributed by atoms with Crippen molar-refractivity contribution >= 4 is 23.2 Å². The summed E-state index contributed by atoms with van der Waals surface area (Å²) in [5, 5.41) is 2.87. The number of para-hydroxylation sites is 2. The molecule has 3 N–H and O–H groups in total. The van der Waals surface area contributed by atoms with Gasteiger partial charge in [0.15, 0.2) is 0 Å². The minimum Gasteiger partial charge on any atom is -0.323 e. The summed E-state index contributed by atoms with van der Waals surface area (Å²) in [5.74, 6) is 0.0111. The van der Waals surface area contributed by atoms with E-state index >= 15 is 0 Å². The standard InChI is InChI=1S/C16H23N3O2/c1-3-11(2)15(17)16(21)18-12-7-4-5-8-13(12)19-10-6-9-14(19)20/h4-5,7-8,11,15H,3,6,9-10,17H2,1-2H3,(H,18,21)/t11?,15-/m0/s1. The summed E-state index contributed by atoms with van der Waals surface area (Å²) in [6, 6.07) is 6.83. The molecule has 114 valence electrons. The molecule has 1 aliphatic heterocycles. The Labute approximate surface area is 125 Å². The maximum atomic E-state index is 12.2. The van der Waals surface area contributed by atoms with Crippen LogP contribution >= 0.6 is 0 Å². The molecule has 1 aromatic rings. The Bertz CT molecular complexity index is 530. The summed E-state index contributed by atoms with van der Waals surface area (Å²) >= 11 is 0. The van der Waals surface area contributed by atoms with Crippen LogP contribution in [0.4, 0.5) is 11.4 Å². The monoisotopic (exact) mass is 289 g/mol. The van der Waals surface area contributed by atoms with Crippen molar-refractivity contribution in [2.45, 2.75) is 39.2 Å². The van der Waals surface area contributed by atoms with E-state index in [9.17, 15) is 9.59 Å². The van der Waals surface area contributed by atoms with Gasteiger partial charge in [0.05, 0.1) is 17.4 Å². The molecular formula is C16H23N3O2. The SMILES string of the molecule is CCC(C)[C@H](N)C(=O)Nc1ccccc1N1CCCC1=O. The molecule has 2 atom stereocenters. The highest BCUT2D eigenvalue weighted by molar-refractivity contribution is 6.03. The first-order valence-electron chi connectivity index (χ1n) is 7.50. The van der Waals surface area contributed by atoms with Gasteiger partial charge in [0, 0.05) is 13.0 Å². The average molecular weight is 289 g/mol. The topological polar surface area (TPSA) is 75.4 Å². The summed E-state index contributed by atoms with van der Waals surface area (Å²) in [7, 11) is 0. The van der Waals surface area contributed by atoms with Crippen molar-refractivity contribution in [1.82, 2.24) is 0 Å². The van der Waals surface area contributed by atoms with Crippen LogP contribution in [0.3, 0.4) is 0 Å². The van der Waals surface area contributed by atoms with E-state index in [0.717, 1.165) is 18.5 Å². The summed E-state index contributed by atoms with van der Waals surface area (Å²) in [6.07, 6.45) is 2.27. The van der Waals surface area contributed by atoms with Crippen LogP contribution < -0.4 is 16.0 Å². The Hall–Kier alpha value is -1.88. The highest BCUT2D eigenvalue weighted by Crippen LogP contribution is 2.29. The number of nitrogens with zero attached hydrogens (tertiary/aromatic N) is 1. The lowest BCUT2D eigenvalue weighted by Crippen LogP contribution is -2.41. The van der Waals surface area contributed by atoms with Gasteiger partial charge in [-0.05, 0) is 24.5 Å². The number of carbonyl (C=O) groups is 2. The van der Waals surface area contributed by atoms with Gasteiger partial charge in [0.2, 0.25) is 11.8 Å². The lowest BCUT2D eigenvalue weighted by Gasteiger charge is -2.22. The zero-order valence-corrected chi connectivity index (χ0v) is 12.6. The third-order valence-electron chi connectivity index (χ3n) is 4.09. The number of rotatable bonds is 5. The Morgan fingerprint density at radius 1 is 1.43 bits per heavy atom. The van der Waals surface area contributed by atoms with Gasteiger partial charge in [0.1, 0.15) is 0 Å². The number of benzene rings is 1. The van der Waals surface area contributed by atoms with Gasteiger partial charge in [-0.25, -0.2) is 0 Å². The van der Waals surface area contributed by atoms with E-state index in [0.29, 0.717) is 18.7 Å². The first-order chi connectivity index (χ1) is 10.0. The van der Waals surface area contributed by atoms with Crippen molar-refractivity contribution in [2.24, 2.45) is 11.7 Å². The summed E-state index contributed by atoms with van der Waals surface area (Å²) in [4.78, 5) is 25.8. The molecule has 0 saturated carbocycles. The number of amides is 2. The quantitative estimate of drug-likeness (QED) is 0.872. The lowest BCUT2D eigenvalue weighted by atomic mass is 9.99. The second kappa shape index (κ2) is 6.72. The molecule has 5 heteroatoms. The lowest BCUT2D eigenvalue weighted by molar-refractivity contribution is -0.118. The van der Waals surface area contributed by atoms with Gasteiger partial charge in [0.25, 0.3) is 0 Å². The van der Waals surface area contributed by atoms with Crippen LogP contribution in [0.15, 0.2) is 24.3 Å². The molecule has 0 spiro atoms. The second-order valence-electron chi connectivity index (χ2n) is 5.57. The number of hydrogen-bond donors (Lipinski definition) is 2. The highest BCUT2D eigenvalue weighted by atomic mass is 16.2. The molecule has 1 aromatic carbocycles. The van der Waals surface area contributed by atoms with Gasteiger partial charge >= 0.3 is 0 Å². The minimum absolute atomic E-state index is 0.0999. The van der Waals surface area contributed by atoms with Crippen molar-refractivity contribution in [1.29, 1.82) is 0 Å². The van der Waals surface area contributed by atoms with E-state index in [2.05, 4.69) is 5.32 Å². The van der Waals surface area contributed by atoms with Crippen molar-refractivity contribution in [3.63, 3.8) is 0 Å². The van der Waals surface area contributed by atoms with Crippen LogP contribution in [0.25, 0.3) is 0 Å². The van der Waals surface area contributed by atoms with Crippen molar-refractivity contribution in [3.05, 3.63) is 24.3 Å². The highest BCUT2D eigenvalue weighted by Gasteiger charge is 2.25. The molecule has 1 heterocycles. The zero-order chi connectivity index (χ0) is 15.4. The van der Waals surface area contributed by atoms with Crippen molar-refractivity contribution < 1.29 is 9.59 Å². The third kappa shape index (κ3) is 3.42. The Kier molecular flexibility index (Phi) is 4.96. The predicted molar refractivity (Wildman–Crippen MR) is 84.1 cm³/mol.